The molecule has 0 radical (unpaired) electrons. The van der Waals surface area contributed by atoms with E-state index in [9.17, 15) is 13.2 Å². The molecule has 0 aliphatic carbocycles. The molecule has 2 nitrogen and oxygen atoms in total. The third-order valence-corrected chi connectivity index (χ3v) is 3.48. The highest BCUT2D eigenvalue weighted by Gasteiger charge is 2.38. The molecule has 6 heteroatoms. The monoisotopic (exact) mass is 274 g/mol. The van der Waals surface area contributed by atoms with Gasteiger partial charge in [-0.1, -0.05) is 32.1 Å². The summed E-state index contributed by atoms with van der Waals surface area (Å²) in [6, 6.07) is 2.54. The van der Waals surface area contributed by atoms with Gasteiger partial charge in [0, 0.05) is 0 Å². The Kier molecular flexibility index (Phi) is 2.81. The minimum absolute atomic E-state index is 0.209. The number of anilines is 1. The van der Waals surface area contributed by atoms with Crippen molar-refractivity contribution in [3.63, 3.8) is 0 Å². The van der Waals surface area contributed by atoms with E-state index in [-0.39, 0.29) is 10.7 Å². The van der Waals surface area contributed by atoms with Crippen LogP contribution in [0, 0.1) is 0 Å². The summed E-state index contributed by atoms with van der Waals surface area (Å²) in [4.78, 5) is 4.05. The van der Waals surface area contributed by atoms with Gasteiger partial charge in [-0.25, -0.2) is 4.98 Å². The van der Waals surface area contributed by atoms with Crippen LogP contribution in [0.25, 0.3) is 10.2 Å². The molecule has 98 valence electrons. The fourth-order valence-electron chi connectivity index (χ4n) is 2.01. The molecule has 0 saturated heterocycles. The minimum atomic E-state index is -4.38. The zero-order chi connectivity index (χ0) is 13.7. The predicted octanol–water partition coefficient (Wildman–Crippen LogP) is 4.19. The average Bonchev–Trinajstić information content (AvgIpc) is 2.52. The summed E-state index contributed by atoms with van der Waals surface area (Å²) >= 11 is 1.20. The molecule has 0 bridgehead atoms. The molecule has 0 unspecified atom stereocenters. The SMILES string of the molecule is CC(C)(C)c1c(C(F)(F)F)ccc2sc(N)nc12. The molecule has 0 aliphatic rings. The Morgan fingerprint density at radius 2 is 1.78 bits per heavy atom. The Morgan fingerprint density at radius 3 is 2.28 bits per heavy atom. The van der Waals surface area contributed by atoms with E-state index in [0.29, 0.717) is 10.2 Å². The van der Waals surface area contributed by atoms with Crippen LogP contribution >= 0.6 is 11.3 Å². The van der Waals surface area contributed by atoms with E-state index < -0.39 is 17.2 Å². The summed E-state index contributed by atoms with van der Waals surface area (Å²) in [5, 5.41) is 0.287. The standard InChI is InChI=1S/C12H13F3N2S/c1-11(2,3)8-6(12(13,14)15)4-5-7-9(8)17-10(16)18-7/h4-5H,1-3H3,(H2,16,17). The van der Waals surface area contributed by atoms with Gasteiger partial charge < -0.3 is 5.73 Å². The van der Waals surface area contributed by atoms with Gasteiger partial charge >= 0.3 is 6.18 Å². The fourth-order valence-corrected chi connectivity index (χ4v) is 2.75. The molecule has 1 aromatic carbocycles. The number of halogens is 3. The van der Waals surface area contributed by atoms with Gasteiger partial charge in [-0.05, 0) is 23.1 Å². The smallest absolute Gasteiger partial charge is 0.375 e. The number of alkyl halides is 3. The van der Waals surface area contributed by atoms with E-state index in [2.05, 4.69) is 4.98 Å². The maximum absolute atomic E-state index is 13.1. The van der Waals surface area contributed by atoms with E-state index >= 15 is 0 Å². The molecule has 1 aromatic heterocycles. The lowest BCUT2D eigenvalue weighted by Gasteiger charge is -2.24. The van der Waals surface area contributed by atoms with Gasteiger partial charge in [-0.15, -0.1) is 0 Å². The summed E-state index contributed by atoms with van der Waals surface area (Å²) in [6.45, 7) is 5.23. The Hall–Kier alpha value is -1.30. The van der Waals surface area contributed by atoms with Crippen LogP contribution in [0.4, 0.5) is 18.3 Å². The van der Waals surface area contributed by atoms with E-state index in [1.165, 1.54) is 17.4 Å². The van der Waals surface area contributed by atoms with Crippen LogP contribution in [-0.4, -0.2) is 4.98 Å². The number of hydrogen-bond acceptors (Lipinski definition) is 3. The van der Waals surface area contributed by atoms with Crippen LogP contribution in [-0.2, 0) is 11.6 Å². The van der Waals surface area contributed by atoms with Gasteiger partial charge in [-0.3, -0.25) is 0 Å². The van der Waals surface area contributed by atoms with Gasteiger partial charge in [0.2, 0.25) is 0 Å². The number of rotatable bonds is 0. The molecule has 2 N–H and O–H groups in total. The quantitative estimate of drug-likeness (QED) is 0.782. The summed E-state index contributed by atoms with van der Waals surface area (Å²) in [7, 11) is 0. The van der Waals surface area contributed by atoms with E-state index in [4.69, 9.17) is 5.73 Å². The number of nitrogen functional groups attached to an aromatic ring is 1. The van der Waals surface area contributed by atoms with Crippen molar-refractivity contribution in [3.05, 3.63) is 23.3 Å². The van der Waals surface area contributed by atoms with Crippen molar-refractivity contribution in [3.8, 4) is 0 Å². The molecule has 0 aliphatic heterocycles. The van der Waals surface area contributed by atoms with E-state index in [0.717, 1.165) is 6.07 Å². The van der Waals surface area contributed by atoms with Gasteiger partial charge in [0.05, 0.1) is 15.8 Å². The summed E-state index contributed by atoms with van der Waals surface area (Å²) in [5.41, 5.74) is 4.88. The molecule has 1 heterocycles. The van der Waals surface area contributed by atoms with Gasteiger partial charge in [0.15, 0.2) is 5.13 Å². The highest BCUT2D eigenvalue weighted by Crippen LogP contribution is 2.42. The van der Waals surface area contributed by atoms with Crippen molar-refractivity contribution in [2.75, 3.05) is 5.73 Å². The molecule has 0 fully saturated rings. The fraction of sp³-hybridized carbons (Fsp3) is 0.417. The molecular weight excluding hydrogens is 261 g/mol. The van der Waals surface area contributed by atoms with Crippen molar-refractivity contribution < 1.29 is 13.2 Å². The normalized spacial score (nSPS) is 13.2. The van der Waals surface area contributed by atoms with Gasteiger partial charge in [0.1, 0.15) is 0 Å². The lowest BCUT2D eigenvalue weighted by molar-refractivity contribution is -0.138. The molecule has 2 rings (SSSR count). The van der Waals surface area contributed by atoms with Crippen molar-refractivity contribution in [1.29, 1.82) is 0 Å². The Morgan fingerprint density at radius 1 is 1.17 bits per heavy atom. The van der Waals surface area contributed by atoms with E-state index in [1.54, 1.807) is 20.8 Å². The van der Waals surface area contributed by atoms with Gasteiger partial charge in [-0.2, -0.15) is 13.2 Å². The number of benzene rings is 1. The first-order chi connectivity index (χ1) is 8.10. The number of aromatic nitrogens is 1. The summed E-state index contributed by atoms with van der Waals surface area (Å²) in [5.74, 6) is 0. The zero-order valence-electron chi connectivity index (χ0n) is 10.2. The van der Waals surface area contributed by atoms with Crippen LogP contribution in [0.5, 0.6) is 0 Å². The second-order valence-corrected chi connectivity index (χ2v) is 6.20. The van der Waals surface area contributed by atoms with Gasteiger partial charge in [0.25, 0.3) is 0 Å². The van der Waals surface area contributed by atoms with E-state index in [1.807, 2.05) is 0 Å². The number of thiazole rings is 1. The highest BCUT2D eigenvalue weighted by molar-refractivity contribution is 7.22. The second kappa shape index (κ2) is 3.85. The minimum Gasteiger partial charge on any atom is -0.375 e. The largest absolute Gasteiger partial charge is 0.416 e. The number of hydrogen-bond donors (Lipinski definition) is 1. The van der Waals surface area contributed by atoms with Crippen molar-refractivity contribution >= 4 is 26.7 Å². The third-order valence-electron chi connectivity index (χ3n) is 2.63. The summed E-state index contributed by atoms with van der Waals surface area (Å²) in [6.07, 6.45) is -4.38. The number of fused-ring (bicyclic) bond motifs is 1. The first kappa shape index (κ1) is 13.1. The zero-order valence-corrected chi connectivity index (χ0v) is 11.0. The topological polar surface area (TPSA) is 38.9 Å². The molecule has 0 spiro atoms. The molecular formula is C12H13F3N2S. The average molecular weight is 274 g/mol. The maximum Gasteiger partial charge on any atom is 0.416 e. The first-order valence-corrected chi connectivity index (χ1v) is 6.19. The number of nitrogens with two attached hydrogens (primary N) is 1. The van der Waals surface area contributed by atoms with Crippen molar-refractivity contribution in [1.82, 2.24) is 4.98 Å². The Bertz CT molecular complexity index is 594. The molecule has 18 heavy (non-hydrogen) atoms. The Balaban J connectivity index is 2.88. The number of nitrogens with zero attached hydrogens (tertiary/aromatic N) is 1. The maximum atomic E-state index is 13.1. The molecule has 0 saturated carbocycles. The Labute approximate surface area is 107 Å². The van der Waals surface area contributed by atoms with Crippen molar-refractivity contribution in [2.24, 2.45) is 0 Å². The lowest BCUT2D eigenvalue weighted by Crippen LogP contribution is -2.20. The van der Waals surface area contributed by atoms with Crippen LogP contribution < -0.4 is 5.73 Å². The summed E-state index contributed by atoms with van der Waals surface area (Å²) < 4.78 is 39.9. The van der Waals surface area contributed by atoms with Crippen LogP contribution in [0.3, 0.4) is 0 Å². The molecule has 0 amide bonds. The molecule has 2 aromatic rings. The lowest BCUT2D eigenvalue weighted by atomic mass is 9.82. The third kappa shape index (κ3) is 2.16. The first-order valence-electron chi connectivity index (χ1n) is 5.37. The predicted molar refractivity (Wildman–Crippen MR) is 67.7 cm³/mol. The van der Waals surface area contributed by atoms with Crippen LogP contribution in [0.2, 0.25) is 0 Å². The van der Waals surface area contributed by atoms with Crippen molar-refractivity contribution in [2.45, 2.75) is 32.4 Å². The van der Waals surface area contributed by atoms with Crippen LogP contribution in [0.1, 0.15) is 31.9 Å². The second-order valence-electron chi connectivity index (χ2n) is 5.13. The van der Waals surface area contributed by atoms with Crippen LogP contribution in [0.15, 0.2) is 12.1 Å². The highest BCUT2D eigenvalue weighted by atomic mass is 32.1. The molecule has 0 atom stereocenters.